The smallest absolute Gasteiger partial charge is 0.407 e. The van der Waals surface area contributed by atoms with Gasteiger partial charge in [-0.2, -0.15) is 0 Å². The minimum atomic E-state index is -0.792. The fourth-order valence-corrected chi connectivity index (χ4v) is 7.04. The third-order valence-electron chi connectivity index (χ3n) is 7.76. The number of amides is 2. The topological polar surface area (TPSA) is 112 Å². The zero-order valence-electron chi connectivity index (χ0n) is 19.7. The first-order chi connectivity index (χ1) is 16.9. The Kier molecular flexibility index (Phi) is 5.32. The number of thiophene rings is 1. The Labute approximate surface area is 207 Å². The first-order valence-electron chi connectivity index (χ1n) is 12.2. The van der Waals surface area contributed by atoms with E-state index < -0.39 is 6.09 Å². The van der Waals surface area contributed by atoms with Crippen molar-refractivity contribution in [3.8, 4) is 0 Å². The van der Waals surface area contributed by atoms with Crippen molar-refractivity contribution in [1.29, 1.82) is 0 Å². The number of benzene rings is 1. The summed E-state index contributed by atoms with van der Waals surface area (Å²) in [6.07, 6.45) is 3.67. The van der Waals surface area contributed by atoms with Crippen LogP contribution in [0.5, 0.6) is 0 Å². The monoisotopic (exact) mass is 491 g/mol. The van der Waals surface area contributed by atoms with Crippen molar-refractivity contribution in [2.45, 2.75) is 57.2 Å². The number of aromatic nitrogens is 1. The number of piperazine rings is 1. The van der Waals surface area contributed by atoms with Gasteiger partial charge in [0.25, 0.3) is 5.91 Å². The van der Waals surface area contributed by atoms with Gasteiger partial charge >= 0.3 is 6.09 Å². The highest BCUT2D eigenvalue weighted by molar-refractivity contribution is 7.21. The molecule has 2 aromatic heterocycles. The maximum absolute atomic E-state index is 13.0. The number of pyridine rings is 1. The van der Waals surface area contributed by atoms with E-state index in [1.165, 1.54) is 28.2 Å². The number of hydrogen-bond donors (Lipinski definition) is 3. The molecule has 1 aromatic carbocycles. The van der Waals surface area contributed by atoms with Gasteiger partial charge in [0, 0.05) is 35.9 Å². The number of hydrogen-bond acceptors (Lipinski definition) is 6. The van der Waals surface area contributed by atoms with Gasteiger partial charge in [-0.3, -0.25) is 9.69 Å². The van der Waals surface area contributed by atoms with E-state index in [1.54, 1.807) is 4.90 Å². The lowest BCUT2D eigenvalue weighted by atomic mass is 9.87. The third kappa shape index (κ3) is 3.87. The van der Waals surface area contributed by atoms with Crippen LogP contribution in [0.1, 0.15) is 45.8 Å². The molecule has 0 spiro atoms. The van der Waals surface area contributed by atoms with E-state index in [0.717, 1.165) is 61.1 Å². The average Bonchev–Trinajstić information content (AvgIpc) is 3.31. The molecule has 4 N–H and O–H groups in total. The Morgan fingerprint density at radius 3 is 2.63 bits per heavy atom. The minimum absolute atomic E-state index is 0.0649. The second-order valence-corrected chi connectivity index (χ2v) is 11.0. The molecule has 9 heteroatoms. The van der Waals surface area contributed by atoms with Gasteiger partial charge in [-0.05, 0) is 74.4 Å². The van der Waals surface area contributed by atoms with Crippen LogP contribution < -0.4 is 16.0 Å². The van der Waals surface area contributed by atoms with Gasteiger partial charge in [0.05, 0.1) is 17.8 Å². The normalized spacial score (nSPS) is 23.4. The molecule has 3 unspecified atom stereocenters. The van der Waals surface area contributed by atoms with Crippen LogP contribution in [0.3, 0.4) is 0 Å². The van der Waals surface area contributed by atoms with Crippen LogP contribution in [0, 0.1) is 6.92 Å². The van der Waals surface area contributed by atoms with E-state index in [0.29, 0.717) is 10.6 Å². The highest BCUT2D eigenvalue weighted by Gasteiger charge is 2.42. The summed E-state index contributed by atoms with van der Waals surface area (Å²) in [4.78, 5) is 34.5. The SMILES string of the molecule is Cc1ccc2c(N)c(C(=O)NC3CCc4cc(N5CC6CCC(C5)N6C(=O)O)ccc4C3)sc2n1. The van der Waals surface area contributed by atoms with Crippen molar-refractivity contribution in [3.63, 3.8) is 0 Å². The summed E-state index contributed by atoms with van der Waals surface area (Å²) >= 11 is 1.35. The average molecular weight is 492 g/mol. The summed E-state index contributed by atoms with van der Waals surface area (Å²) in [6.45, 7) is 3.44. The lowest BCUT2D eigenvalue weighted by molar-refractivity contribution is 0.0938. The fraction of sp³-hybridized carbons (Fsp3) is 0.423. The molecule has 3 atom stereocenters. The summed E-state index contributed by atoms with van der Waals surface area (Å²) in [5.74, 6) is -0.125. The van der Waals surface area contributed by atoms with Crippen LogP contribution in [-0.2, 0) is 12.8 Å². The number of fused-ring (bicyclic) bond motifs is 4. The lowest BCUT2D eigenvalue weighted by Gasteiger charge is -2.41. The van der Waals surface area contributed by atoms with Crippen molar-refractivity contribution >= 4 is 44.9 Å². The number of carbonyl (C=O) groups is 2. The van der Waals surface area contributed by atoms with Crippen molar-refractivity contribution in [1.82, 2.24) is 15.2 Å². The highest BCUT2D eigenvalue weighted by Crippen LogP contribution is 2.35. The summed E-state index contributed by atoms with van der Waals surface area (Å²) in [7, 11) is 0. The van der Waals surface area contributed by atoms with Gasteiger partial charge in [0.1, 0.15) is 9.71 Å². The van der Waals surface area contributed by atoms with E-state index >= 15 is 0 Å². The second kappa shape index (κ2) is 8.41. The molecule has 35 heavy (non-hydrogen) atoms. The van der Waals surface area contributed by atoms with Crippen molar-refractivity contribution in [2.24, 2.45) is 0 Å². The number of carboxylic acid groups (broad SMARTS) is 1. The van der Waals surface area contributed by atoms with E-state index in [4.69, 9.17) is 5.73 Å². The number of nitrogens with one attached hydrogen (secondary N) is 1. The van der Waals surface area contributed by atoms with Crippen LogP contribution in [0.2, 0.25) is 0 Å². The predicted octanol–water partition coefficient (Wildman–Crippen LogP) is 3.81. The molecule has 2 fully saturated rings. The quantitative estimate of drug-likeness (QED) is 0.514. The maximum atomic E-state index is 13.0. The number of anilines is 2. The number of carbonyl (C=O) groups excluding carboxylic acids is 1. The van der Waals surface area contributed by atoms with Crippen LogP contribution in [0.15, 0.2) is 30.3 Å². The lowest BCUT2D eigenvalue weighted by Crippen LogP contribution is -2.55. The van der Waals surface area contributed by atoms with Crippen molar-refractivity contribution in [2.75, 3.05) is 23.7 Å². The van der Waals surface area contributed by atoms with Gasteiger partial charge in [-0.15, -0.1) is 11.3 Å². The summed E-state index contributed by atoms with van der Waals surface area (Å²) in [5, 5.41) is 13.6. The molecular weight excluding hydrogens is 462 g/mol. The zero-order valence-corrected chi connectivity index (χ0v) is 20.5. The maximum Gasteiger partial charge on any atom is 0.407 e. The summed E-state index contributed by atoms with van der Waals surface area (Å²) in [5.41, 5.74) is 11.5. The van der Waals surface area contributed by atoms with Gasteiger partial charge in [0.15, 0.2) is 0 Å². The Morgan fingerprint density at radius 2 is 1.89 bits per heavy atom. The number of nitrogens with zero attached hydrogens (tertiary/aromatic N) is 3. The van der Waals surface area contributed by atoms with Gasteiger partial charge < -0.3 is 21.1 Å². The molecule has 3 aromatic rings. The standard InChI is InChI=1S/C26H29N5O3S/c1-14-2-9-21-22(27)23(35-25(21)28-14)24(32)29-17-5-3-16-11-18(6-4-15(16)10-17)30-12-19-7-8-20(13-30)31(19)26(33)34/h2,4,6,9,11,17,19-20H,3,5,7-8,10,12-13,27H2,1H3,(H,29,32)(H,33,34). The number of nitrogen functional groups attached to an aromatic ring is 1. The largest absolute Gasteiger partial charge is 0.465 e. The van der Waals surface area contributed by atoms with E-state index in [-0.39, 0.29) is 24.0 Å². The molecule has 6 rings (SSSR count). The van der Waals surface area contributed by atoms with Crippen LogP contribution in [-0.4, -0.2) is 58.2 Å². The summed E-state index contributed by atoms with van der Waals surface area (Å²) < 4.78 is 0. The molecule has 2 saturated heterocycles. The molecule has 8 nitrogen and oxygen atoms in total. The number of aryl methyl sites for hydroxylation is 2. The first kappa shape index (κ1) is 22.2. The molecule has 0 radical (unpaired) electrons. The summed E-state index contributed by atoms with van der Waals surface area (Å²) in [6, 6.07) is 10.7. The molecule has 0 saturated carbocycles. The zero-order chi connectivity index (χ0) is 24.3. The Morgan fingerprint density at radius 1 is 1.11 bits per heavy atom. The molecule has 2 aliphatic heterocycles. The molecule has 2 amide bonds. The Hall–Kier alpha value is -3.33. The van der Waals surface area contributed by atoms with Gasteiger partial charge in [-0.25, -0.2) is 9.78 Å². The van der Waals surface area contributed by atoms with Gasteiger partial charge in [-0.1, -0.05) is 6.07 Å². The van der Waals surface area contributed by atoms with E-state index in [2.05, 4.69) is 33.4 Å². The molecule has 1 aliphatic carbocycles. The van der Waals surface area contributed by atoms with E-state index in [9.17, 15) is 14.7 Å². The third-order valence-corrected chi connectivity index (χ3v) is 8.87. The highest BCUT2D eigenvalue weighted by atomic mass is 32.1. The van der Waals surface area contributed by atoms with Gasteiger partial charge in [0.2, 0.25) is 0 Å². The molecule has 2 bridgehead atoms. The number of rotatable bonds is 3. The Balaban J connectivity index is 1.14. The van der Waals surface area contributed by atoms with E-state index in [1.807, 2.05) is 19.1 Å². The second-order valence-electron chi connectivity index (χ2n) is 10.00. The Bertz CT molecular complexity index is 1320. The molecule has 182 valence electrons. The fourth-order valence-electron chi connectivity index (χ4n) is 6.00. The molecule has 3 aliphatic rings. The van der Waals surface area contributed by atoms with Crippen LogP contribution >= 0.6 is 11.3 Å². The molecular formula is C26H29N5O3S. The van der Waals surface area contributed by atoms with Crippen LogP contribution in [0.25, 0.3) is 10.2 Å². The van der Waals surface area contributed by atoms with Crippen LogP contribution in [0.4, 0.5) is 16.2 Å². The van der Waals surface area contributed by atoms with Crippen molar-refractivity contribution in [3.05, 3.63) is 52.0 Å². The minimum Gasteiger partial charge on any atom is -0.465 e. The molecule has 4 heterocycles. The first-order valence-corrected chi connectivity index (χ1v) is 13.0. The number of nitrogens with two attached hydrogens (primary N) is 1. The van der Waals surface area contributed by atoms with Crippen molar-refractivity contribution < 1.29 is 14.7 Å². The predicted molar refractivity (Wildman–Crippen MR) is 137 cm³/mol.